The van der Waals surface area contributed by atoms with Crippen molar-refractivity contribution in [2.45, 2.75) is 50.7 Å². The molecule has 2 aliphatic rings. The van der Waals surface area contributed by atoms with Gasteiger partial charge in [-0.15, -0.1) is 0 Å². The predicted molar refractivity (Wildman–Crippen MR) is 58.2 cm³/mol. The minimum atomic E-state index is -0.721. The van der Waals surface area contributed by atoms with Crippen LogP contribution in [0.4, 0.5) is 0 Å². The van der Waals surface area contributed by atoms with Gasteiger partial charge in [-0.3, -0.25) is 4.90 Å². The molecule has 0 aromatic rings. The average Bonchev–Trinajstić information content (AvgIpc) is 2.80. The fourth-order valence-corrected chi connectivity index (χ4v) is 3.27. The Bertz CT molecular complexity index is 273. The zero-order valence-corrected chi connectivity index (χ0v) is 9.45. The highest BCUT2D eigenvalue weighted by Crippen LogP contribution is 2.41. The van der Waals surface area contributed by atoms with Gasteiger partial charge >= 0.3 is 0 Å². The third kappa shape index (κ3) is 1.66. The van der Waals surface area contributed by atoms with Gasteiger partial charge in [0, 0.05) is 12.6 Å². The Morgan fingerprint density at radius 1 is 1.60 bits per heavy atom. The molecule has 0 saturated carbocycles. The Morgan fingerprint density at radius 3 is 3.07 bits per heavy atom. The van der Waals surface area contributed by atoms with Gasteiger partial charge in [-0.25, -0.2) is 0 Å². The molecule has 3 unspecified atom stereocenters. The van der Waals surface area contributed by atoms with Gasteiger partial charge in [-0.1, -0.05) is 13.3 Å². The molecule has 2 heterocycles. The summed E-state index contributed by atoms with van der Waals surface area (Å²) in [5, 5.41) is 19.9. The molecule has 0 amide bonds. The molecule has 3 heteroatoms. The zero-order chi connectivity index (χ0) is 10.9. The summed E-state index contributed by atoms with van der Waals surface area (Å²) < 4.78 is 0. The van der Waals surface area contributed by atoms with Crippen molar-refractivity contribution in [2.75, 3.05) is 13.1 Å². The van der Waals surface area contributed by atoms with E-state index in [0.29, 0.717) is 0 Å². The van der Waals surface area contributed by atoms with Crippen molar-refractivity contribution in [3.05, 3.63) is 0 Å². The maximum Gasteiger partial charge on any atom is 0.0971 e. The maximum absolute atomic E-state index is 10.7. The van der Waals surface area contributed by atoms with E-state index >= 15 is 0 Å². The first-order valence-electron chi connectivity index (χ1n) is 6.08. The molecule has 0 bridgehead atoms. The Kier molecular flexibility index (Phi) is 2.99. The van der Waals surface area contributed by atoms with Gasteiger partial charge in [-0.05, 0) is 32.2 Å². The van der Waals surface area contributed by atoms with Crippen LogP contribution >= 0.6 is 0 Å². The Hall–Kier alpha value is -0.590. The monoisotopic (exact) mass is 208 g/mol. The van der Waals surface area contributed by atoms with Crippen molar-refractivity contribution in [1.29, 1.82) is 5.26 Å². The first kappa shape index (κ1) is 10.9. The van der Waals surface area contributed by atoms with Crippen molar-refractivity contribution in [3.8, 4) is 6.07 Å². The molecule has 2 fully saturated rings. The first-order valence-corrected chi connectivity index (χ1v) is 6.08. The van der Waals surface area contributed by atoms with E-state index in [1.165, 1.54) is 6.42 Å². The largest absolute Gasteiger partial charge is 0.387 e. The standard InChI is InChI=1S/C12H20N2O/c1-2-4-10(9-13)12(15)6-8-14-7-3-5-11(12)14/h10-11,15H,2-8H2,1H3. The molecular weight excluding hydrogens is 188 g/mol. The molecule has 0 aromatic heterocycles. The highest BCUT2D eigenvalue weighted by Gasteiger charge is 2.52. The van der Waals surface area contributed by atoms with E-state index in [-0.39, 0.29) is 12.0 Å². The van der Waals surface area contributed by atoms with Crippen LogP contribution in [0.15, 0.2) is 0 Å². The molecule has 3 nitrogen and oxygen atoms in total. The molecule has 0 aliphatic carbocycles. The molecule has 84 valence electrons. The lowest BCUT2D eigenvalue weighted by Gasteiger charge is -2.33. The number of nitrogens with zero attached hydrogens (tertiary/aromatic N) is 2. The smallest absolute Gasteiger partial charge is 0.0971 e. The lowest BCUT2D eigenvalue weighted by Crippen LogP contribution is -2.46. The van der Waals surface area contributed by atoms with Gasteiger partial charge in [0.05, 0.1) is 17.6 Å². The van der Waals surface area contributed by atoms with Crippen LogP contribution in [0.5, 0.6) is 0 Å². The van der Waals surface area contributed by atoms with Crippen molar-refractivity contribution in [2.24, 2.45) is 5.92 Å². The van der Waals surface area contributed by atoms with Crippen LogP contribution in [0.1, 0.15) is 39.0 Å². The van der Waals surface area contributed by atoms with Crippen molar-refractivity contribution in [1.82, 2.24) is 4.90 Å². The number of rotatable bonds is 3. The van der Waals surface area contributed by atoms with Crippen LogP contribution in [0, 0.1) is 17.2 Å². The summed E-state index contributed by atoms with van der Waals surface area (Å²) in [4.78, 5) is 2.36. The highest BCUT2D eigenvalue weighted by molar-refractivity contribution is 5.11. The summed E-state index contributed by atoms with van der Waals surface area (Å²) in [6.45, 7) is 4.16. The zero-order valence-electron chi connectivity index (χ0n) is 9.45. The molecule has 15 heavy (non-hydrogen) atoms. The number of aliphatic hydroxyl groups is 1. The topological polar surface area (TPSA) is 47.3 Å². The van der Waals surface area contributed by atoms with Crippen LogP contribution in [0.3, 0.4) is 0 Å². The number of hydrogen-bond donors (Lipinski definition) is 1. The fourth-order valence-electron chi connectivity index (χ4n) is 3.27. The number of nitriles is 1. The SMILES string of the molecule is CCCC(C#N)C1(O)CCN2CCCC21. The van der Waals surface area contributed by atoms with E-state index < -0.39 is 5.60 Å². The molecular formula is C12H20N2O. The summed E-state index contributed by atoms with van der Waals surface area (Å²) in [6.07, 6.45) is 4.84. The predicted octanol–water partition coefficient (Wildman–Crippen LogP) is 1.53. The molecule has 1 N–H and O–H groups in total. The van der Waals surface area contributed by atoms with Crippen LogP contribution in [-0.4, -0.2) is 34.7 Å². The van der Waals surface area contributed by atoms with E-state index in [1.807, 2.05) is 0 Å². The highest BCUT2D eigenvalue weighted by atomic mass is 16.3. The molecule has 2 aliphatic heterocycles. The second-order valence-electron chi connectivity index (χ2n) is 4.91. The van der Waals surface area contributed by atoms with E-state index in [2.05, 4.69) is 17.9 Å². The normalized spacial score (nSPS) is 37.5. The van der Waals surface area contributed by atoms with Gasteiger partial charge in [-0.2, -0.15) is 5.26 Å². The van der Waals surface area contributed by atoms with Crippen molar-refractivity contribution in [3.63, 3.8) is 0 Å². The van der Waals surface area contributed by atoms with Gasteiger partial charge in [0.2, 0.25) is 0 Å². The Labute approximate surface area is 91.7 Å². The number of fused-ring (bicyclic) bond motifs is 1. The Balaban J connectivity index is 2.14. The minimum absolute atomic E-state index is 0.171. The molecule has 0 spiro atoms. The fraction of sp³-hybridized carbons (Fsp3) is 0.917. The molecule has 0 radical (unpaired) electrons. The van der Waals surface area contributed by atoms with E-state index in [4.69, 9.17) is 0 Å². The summed E-state index contributed by atoms with van der Waals surface area (Å²) in [5.41, 5.74) is -0.721. The second kappa shape index (κ2) is 4.11. The van der Waals surface area contributed by atoms with Crippen LogP contribution in [-0.2, 0) is 0 Å². The van der Waals surface area contributed by atoms with Gasteiger partial charge in [0.25, 0.3) is 0 Å². The Morgan fingerprint density at radius 2 is 2.40 bits per heavy atom. The van der Waals surface area contributed by atoms with E-state index in [0.717, 1.165) is 38.8 Å². The van der Waals surface area contributed by atoms with Gasteiger partial charge < -0.3 is 5.11 Å². The lowest BCUT2D eigenvalue weighted by atomic mass is 9.79. The summed E-state index contributed by atoms with van der Waals surface area (Å²) in [6, 6.07) is 2.58. The first-order chi connectivity index (χ1) is 7.22. The molecule has 3 atom stereocenters. The summed E-state index contributed by atoms with van der Waals surface area (Å²) in [5.74, 6) is -0.171. The lowest BCUT2D eigenvalue weighted by molar-refractivity contribution is -0.0237. The van der Waals surface area contributed by atoms with Crippen LogP contribution in [0.2, 0.25) is 0 Å². The second-order valence-corrected chi connectivity index (χ2v) is 4.91. The number of hydrogen-bond acceptors (Lipinski definition) is 3. The van der Waals surface area contributed by atoms with Crippen LogP contribution < -0.4 is 0 Å². The molecule has 2 saturated heterocycles. The van der Waals surface area contributed by atoms with Crippen molar-refractivity contribution >= 4 is 0 Å². The molecule has 2 rings (SSSR count). The molecule has 0 aromatic carbocycles. The van der Waals surface area contributed by atoms with Gasteiger partial charge in [0.1, 0.15) is 0 Å². The average molecular weight is 208 g/mol. The minimum Gasteiger partial charge on any atom is -0.387 e. The third-order valence-electron chi connectivity index (χ3n) is 4.08. The summed E-state index contributed by atoms with van der Waals surface area (Å²) >= 11 is 0. The summed E-state index contributed by atoms with van der Waals surface area (Å²) in [7, 11) is 0. The van der Waals surface area contributed by atoms with E-state index in [1.54, 1.807) is 0 Å². The van der Waals surface area contributed by atoms with Crippen molar-refractivity contribution < 1.29 is 5.11 Å². The van der Waals surface area contributed by atoms with E-state index in [9.17, 15) is 10.4 Å². The quantitative estimate of drug-likeness (QED) is 0.765. The van der Waals surface area contributed by atoms with Gasteiger partial charge in [0.15, 0.2) is 0 Å². The third-order valence-corrected chi connectivity index (χ3v) is 4.08. The van der Waals surface area contributed by atoms with Crippen LogP contribution in [0.25, 0.3) is 0 Å². The maximum atomic E-state index is 10.7.